The van der Waals surface area contributed by atoms with Gasteiger partial charge in [0.1, 0.15) is 0 Å². The molecule has 0 atom stereocenters. The van der Waals surface area contributed by atoms with Crippen LogP contribution in [0.5, 0.6) is 0 Å². The van der Waals surface area contributed by atoms with E-state index in [1.807, 2.05) is 12.1 Å². The van der Waals surface area contributed by atoms with Crippen LogP contribution in [0, 0.1) is 0 Å². The van der Waals surface area contributed by atoms with E-state index < -0.39 is 0 Å². The van der Waals surface area contributed by atoms with Gasteiger partial charge in [-0.15, -0.1) is 0 Å². The molecule has 1 amide bonds. The molecule has 0 bridgehead atoms. The van der Waals surface area contributed by atoms with Crippen molar-refractivity contribution in [1.82, 2.24) is 10.2 Å². The third-order valence-corrected chi connectivity index (χ3v) is 3.62. The first-order chi connectivity index (χ1) is 8.70. The van der Waals surface area contributed by atoms with E-state index in [9.17, 15) is 4.79 Å². The van der Waals surface area contributed by atoms with Gasteiger partial charge in [0.2, 0.25) is 5.91 Å². The van der Waals surface area contributed by atoms with Crippen molar-refractivity contribution >= 4 is 11.6 Å². The maximum absolute atomic E-state index is 11.6. The Hall–Kier alpha value is -1.55. The zero-order chi connectivity index (χ0) is 12.5. The predicted molar refractivity (Wildman–Crippen MR) is 70.8 cm³/mol. The summed E-state index contributed by atoms with van der Waals surface area (Å²) in [5.41, 5.74) is 9.24. The van der Waals surface area contributed by atoms with E-state index >= 15 is 0 Å². The quantitative estimate of drug-likeness (QED) is 0.785. The standard InChI is InChI=1S/C14H19N3O/c15-12-2-1-10-8-17(9-11(10)7-12)6-5-14(18)16-13-3-4-13/h1-2,7,13H,3-6,8-9,15H2,(H,16,18). The summed E-state index contributed by atoms with van der Waals surface area (Å²) in [6, 6.07) is 6.55. The fourth-order valence-corrected chi connectivity index (χ4v) is 2.43. The van der Waals surface area contributed by atoms with Crippen LogP contribution < -0.4 is 11.1 Å². The third-order valence-electron chi connectivity index (χ3n) is 3.62. The molecule has 1 fully saturated rings. The van der Waals surface area contributed by atoms with Gasteiger partial charge in [-0.3, -0.25) is 9.69 Å². The number of fused-ring (bicyclic) bond motifs is 1. The van der Waals surface area contributed by atoms with E-state index in [0.717, 1.165) is 38.2 Å². The van der Waals surface area contributed by atoms with E-state index in [-0.39, 0.29) is 5.91 Å². The Balaban J connectivity index is 1.49. The highest BCUT2D eigenvalue weighted by Gasteiger charge is 2.24. The minimum absolute atomic E-state index is 0.188. The van der Waals surface area contributed by atoms with Gasteiger partial charge >= 0.3 is 0 Å². The van der Waals surface area contributed by atoms with Gasteiger partial charge in [-0.25, -0.2) is 0 Å². The molecule has 0 radical (unpaired) electrons. The number of benzene rings is 1. The highest BCUT2D eigenvalue weighted by atomic mass is 16.1. The van der Waals surface area contributed by atoms with Crippen LogP contribution in [0.4, 0.5) is 5.69 Å². The number of anilines is 1. The lowest BCUT2D eigenvalue weighted by atomic mass is 10.1. The van der Waals surface area contributed by atoms with Gasteiger partial charge in [0, 0.05) is 37.8 Å². The van der Waals surface area contributed by atoms with Crippen molar-refractivity contribution in [2.75, 3.05) is 12.3 Å². The largest absolute Gasteiger partial charge is 0.399 e. The van der Waals surface area contributed by atoms with E-state index in [4.69, 9.17) is 5.73 Å². The van der Waals surface area contributed by atoms with Crippen LogP contribution in [0.25, 0.3) is 0 Å². The zero-order valence-corrected chi connectivity index (χ0v) is 10.5. The first-order valence-electron chi connectivity index (χ1n) is 6.60. The van der Waals surface area contributed by atoms with Crippen molar-refractivity contribution in [1.29, 1.82) is 0 Å². The van der Waals surface area contributed by atoms with Crippen molar-refractivity contribution < 1.29 is 4.79 Å². The number of rotatable bonds is 4. The van der Waals surface area contributed by atoms with Crippen molar-refractivity contribution in [3.8, 4) is 0 Å². The molecule has 0 saturated heterocycles. The minimum Gasteiger partial charge on any atom is -0.399 e. The monoisotopic (exact) mass is 245 g/mol. The highest BCUT2D eigenvalue weighted by Crippen LogP contribution is 2.24. The smallest absolute Gasteiger partial charge is 0.221 e. The summed E-state index contributed by atoms with van der Waals surface area (Å²) >= 11 is 0. The number of carbonyl (C=O) groups is 1. The van der Waals surface area contributed by atoms with Crippen LogP contribution in [0.3, 0.4) is 0 Å². The van der Waals surface area contributed by atoms with Gasteiger partial charge in [-0.1, -0.05) is 6.07 Å². The normalized spacial score (nSPS) is 18.7. The molecule has 1 heterocycles. The SMILES string of the molecule is Nc1ccc2c(c1)CN(CCC(=O)NC1CC1)C2. The Kier molecular flexibility index (Phi) is 2.96. The lowest BCUT2D eigenvalue weighted by molar-refractivity contribution is -0.121. The molecular weight excluding hydrogens is 226 g/mol. The summed E-state index contributed by atoms with van der Waals surface area (Å²) in [4.78, 5) is 13.9. The number of amides is 1. The fraction of sp³-hybridized carbons (Fsp3) is 0.500. The number of hydrogen-bond acceptors (Lipinski definition) is 3. The molecule has 2 aliphatic rings. The topological polar surface area (TPSA) is 58.4 Å². The number of carbonyl (C=O) groups excluding carboxylic acids is 1. The van der Waals surface area contributed by atoms with Crippen LogP contribution in [0.15, 0.2) is 18.2 Å². The first-order valence-corrected chi connectivity index (χ1v) is 6.60. The summed E-state index contributed by atoms with van der Waals surface area (Å²) < 4.78 is 0. The summed E-state index contributed by atoms with van der Waals surface area (Å²) in [6.45, 7) is 2.68. The minimum atomic E-state index is 0.188. The third kappa shape index (κ3) is 2.64. The molecule has 4 nitrogen and oxygen atoms in total. The average Bonchev–Trinajstić information content (AvgIpc) is 3.04. The Morgan fingerprint density at radius 1 is 1.33 bits per heavy atom. The van der Waals surface area contributed by atoms with Gasteiger partial charge < -0.3 is 11.1 Å². The molecule has 1 aromatic rings. The molecule has 0 spiro atoms. The maximum Gasteiger partial charge on any atom is 0.221 e. The molecule has 1 aromatic carbocycles. The Morgan fingerprint density at radius 3 is 2.89 bits per heavy atom. The van der Waals surface area contributed by atoms with Gasteiger partial charge in [0.25, 0.3) is 0 Å². The van der Waals surface area contributed by atoms with Crippen molar-refractivity contribution in [2.24, 2.45) is 0 Å². The second kappa shape index (κ2) is 4.61. The van der Waals surface area contributed by atoms with Crippen molar-refractivity contribution in [2.45, 2.75) is 38.4 Å². The molecule has 4 heteroatoms. The summed E-state index contributed by atoms with van der Waals surface area (Å²) in [5, 5.41) is 3.02. The molecule has 3 N–H and O–H groups in total. The molecule has 3 rings (SSSR count). The molecular formula is C14H19N3O. The van der Waals surface area contributed by atoms with E-state index in [2.05, 4.69) is 16.3 Å². The first kappa shape index (κ1) is 11.5. The molecule has 18 heavy (non-hydrogen) atoms. The van der Waals surface area contributed by atoms with E-state index in [1.165, 1.54) is 11.1 Å². The van der Waals surface area contributed by atoms with Crippen molar-refractivity contribution in [3.05, 3.63) is 29.3 Å². The van der Waals surface area contributed by atoms with E-state index in [1.54, 1.807) is 0 Å². The zero-order valence-electron chi connectivity index (χ0n) is 10.5. The number of hydrogen-bond donors (Lipinski definition) is 2. The molecule has 1 aliphatic carbocycles. The highest BCUT2D eigenvalue weighted by molar-refractivity contribution is 5.76. The average molecular weight is 245 g/mol. The van der Waals surface area contributed by atoms with Crippen molar-refractivity contribution in [3.63, 3.8) is 0 Å². The molecule has 1 saturated carbocycles. The second-order valence-corrected chi connectivity index (χ2v) is 5.33. The van der Waals surface area contributed by atoms with E-state index in [0.29, 0.717) is 12.5 Å². The Bertz CT molecular complexity index is 468. The lowest BCUT2D eigenvalue weighted by Crippen LogP contribution is -2.29. The van der Waals surface area contributed by atoms with Gasteiger partial charge in [-0.2, -0.15) is 0 Å². The maximum atomic E-state index is 11.6. The molecule has 1 aliphatic heterocycles. The number of nitrogens with one attached hydrogen (secondary N) is 1. The van der Waals surface area contributed by atoms with Crippen LogP contribution in [0.1, 0.15) is 30.4 Å². The van der Waals surface area contributed by atoms with Crippen LogP contribution >= 0.6 is 0 Å². The Morgan fingerprint density at radius 2 is 2.11 bits per heavy atom. The summed E-state index contributed by atoms with van der Waals surface area (Å²) in [6.07, 6.45) is 2.90. The van der Waals surface area contributed by atoms with Gasteiger partial charge in [0.05, 0.1) is 0 Å². The van der Waals surface area contributed by atoms with Crippen LogP contribution in [-0.2, 0) is 17.9 Å². The molecule has 0 unspecified atom stereocenters. The second-order valence-electron chi connectivity index (χ2n) is 5.33. The lowest BCUT2D eigenvalue weighted by Gasteiger charge is -2.14. The van der Waals surface area contributed by atoms with Gasteiger partial charge in [-0.05, 0) is 36.1 Å². The van der Waals surface area contributed by atoms with Gasteiger partial charge in [0.15, 0.2) is 0 Å². The summed E-state index contributed by atoms with van der Waals surface area (Å²) in [5.74, 6) is 0.188. The summed E-state index contributed by atoms with van der Waals surface area (Å²) in [7, 11) is 0. The fourth-order valence-electron chi connectivity index (χ4n) is 2.43. The van der Waals surface area contributed by atoms with Crippen LogP contribution in [-0.4, -0.2) is 23.4 Å². The Labute approximate surface area is 107 Å². The molecule has 0 aromatic heterocycles. The molecule has 96 valence electrons. The number of nitrogens with two attached hydrogens (primary N) is 1. The van der Waals surface area contributed by atoms with Crippen LogP contribution in [0.2, 0.25) is 0 Å². The number of nitrogen functional groups attached to an aromatic ring is 1. The number of nitrogens with zero attached hydrogens (tertiary/aromatic N) is 1. The predicted octanol–water partition coefficient (Wildman–Crippen LogP) is 1.25.